The van der Waals surface area contributed by atoms with Crippen LogP contribution in [0, 0.1) is 20.2 Å². The highest BCUT2D eigenvalue weighted by Crippen LogP contribution is 2.31. The highest BCUT2D eigenvalue weighted by atomic mass is 35.5. The van der Waals surface area contributed by atoms with Crippen LogP contribution < -0.4 is 34.3 Å². The van der Waals surface area contributed by atoms with E-state index >= 15 is 0 Å². The summed E-state index contributed by atoms with van der Waals surface area (Å²) in [6.45, 7) is 0. The van der Waals surface area contributed by atoms with Gasteiger partial charge in [0.15, 0.2) is 5.36 Å². The molecule has 0 amide bonds. The fraction of sp³-hybridized carbons (Fsp3) is 0. The van der Waals surface area contributed by atoms with E-state index in [1.54, 1.807) is 35.6 Å². The molecule has 0 bridgehead atoms. The zero-order chi connectivity index (χ0) is 32.1. The predicted octanol–water partition coefficient (Wildman–Crippen LogP) is 1.43. The van der Waals surface area contributed by atoms with Gasteiger partial charge in [-0.2, -0.15) is 5.10 Å². The first-order chi connectivity index (χ1) is 21.6. The van der Waals surface area contributed by atoms with Crippen molar-refractivity contribution in [1.82, 2.24) is 4.98 Å². The largest absolute Gasteiger partial charge is 1.00 e. The molecule has 0 unspecified atom stereocenters. The number of nitro benzene ring substituents is 2. The van der Waals surface area contributed by atoms with Gasteiger partial charge in [-0.3, -0.25) is 31.1 Å². The van der Waals surface area contributed by atoms with Crippen LogP contribution >= 0.6 is 11.3 Å². The summed E-state index contributed by atoms with van der Waals surface area (Å²) in [7, 11) is 0. The molecule has 6 rings (SSSR count). The third-order valence-electron chi connectivity index (χ3n) is 6.39. The molecule has 15 heteroatoms. The molecule has 1 aliphatic carbocycles. The monoisotopic (exact) mass is 657 g/mol. The quantitative estimate of drug-likeness (QED) is 0.0575. The molecule has 1 aliphatic heterocycles. The molecule has 46 heavy (non-hydrogen) atoms. The van der Waals surface area contributed by atoms with E-state index in [4.69, 9.17) is 11.1 Å². The number of nitrogens with one attached hydrogen (secondary N) is 1. The number of nitro groups is 2. The number of hydrogen-bond donors (Lipinski definition) is 5. The van der Waals surface area contributed by atoms with Crippen molar-refractivity contribution in [3.63, 3.8) is 0 Å². The Hall–Kier alpha value is -6.12. The van der Waals surface area contributed by atoms with E-state index in [2.05, 4.69) is 15.5 Å². The number of halogens is 1. The lowest BCUT2D eigenvalue weighted by Gasteiger charge is -2.09. The lowest BCUT2D eigenvalue weighted by Crippen LogP contribution is -3.00. The SMILES string of the molecule is Nc1ccc2nc3ccc(=[NH2+])cc-3sc2c1.O=[N+]([O-])c1ccc(NN=C(c2ccc(O)cc2)c2ccc(O)cc2)c([N+](=O)[O-])c1.[Cl-]. The van der Waals surface area contributed by atoms with E-state index in [1.165, 1.54) is 30.3 Å². The van der Waals surface area contributed by atoms with Crippen LogP contribution in [0.3, 0.4) is 0 Å². The Balaban J connectivity index is 0.000000238. The molecule has 0 atom stereocenters. The van der Waals surface area contributed by atoms with Crippen LogP contribution in [0.4, 0.5) is 22.7 Å². The van der Waals surface area contributed by atoms with E-state index in [9.17, 15) is 30.4 Å². The standard InChI is InChI=1S/C19H14N4O6.C12H9N3S.ClH/c24-15-6-1-12(2-7-15)19(13-3-8-16(25)9-4-13)21-20-17-10-5-14(22(26)27)11-18(17)23(28)29;13-7-1-3-9-11(5-7)16-12-6-8(14)2-4-10(12)15-9;/h1-11,20,24-25H;1-6,13H,14H2;1H. The summed E-state index contributed by atoms with van der Waals surface area (Å²) < 4.78 is 1.08. The number of phenolic OH excluding ortho intramolecular Hbond substituents is 2. The Bertz CT molecular complexity index is 2060. The fourth-order valence-electron chi connectivity index (χ4n) is 4.19. The third-order valence-corrected chi connectivity index (χ3v) is 7.48. The molecule has 4 aromatic carbocycles. The summed E-state index contributed by atoms with van der Waals surface area (Å²) in [6, 6.07) is 26.9. The van der Waals surface area contributed by atoms with Crippen molar-refractivity contribution >= 4 is 50.0 Å². The second-order valence-corrected chi connectivity index (χ2v) is 10.6. The molecular weight excluding hydrogens is 634 g/mol. The highest BCUT2D eigenvalue weighted by Gasteiger charge is 2.20. The van der Waals surface area contributed by atoms with Gasteiger partial charge in [-0.05, 0) is 78.9 Å². The Morgan fingerprint density at radius 3 is 2.04 bits per heavy atom. The van der Waals surface area contributed by atoms with E-state index < -0.39 is 21.2 Å². The Kier molecular flexibility index (Phi) is 10.1. The van der Waals surface area contributed by atoms with Crippen LogP contribution in [-0.4, -0.2) is 30.8 Å². The molecule has 13 nitrogen and oxygen atoms in total. The van der Waals surface area contributed by atoms with Crippen molar-refractivity contribution in [2.45, 2.75) is 0 Å². The first kappa shape index (κ1) is 32.8. The maximum Gasteiger partial charge on any atom is 0.301 e. The maximum absolute atomic E-state index is 11.3. The van der Waals surface area contributed by atoms with E-state index in [0.29, 0.717) is 16.8 Å². The maximum atomic E-state index is 11.3. The summed E-state index contributed by atoms with van der Waals surface area (Å²) in [5.74, 6) is 0.107. The Morgan fingerprint density at radius 2 is 1.46 bits per heavy atom. The number of nitrogen functional groups attached to an aromatic ring is 1. The Labute approximate surface area is 270 Å². The topological polar surface area (TPSA) is 216 Å². The molecule has 4 aromatic rings. The molecule has 1 heterocycles. The summed E-state index contributed by atoms with van der Waals surface area (Å²) in [6.07, 6.45) is 0. The Morgan fingerprint density at radius 1 is 0.826 bits per heavy atom. The van der Waals surface area contributed by atoms with Gasteiger partial charge in [0.1, 0.15) is 17.2 Å². The lowest BCUT2D eigenvalue weighted by molar-refractivity contribution is -0.393. The van der Waals surface area contributed by atoms with Crippen LogP contribution in [0.2, 0.25) is 0 Å². The molecule has 7 N–H and O–H groups in total. The number of non-ortho nitro benzene ring substituents is 1. The number of hydrazone groups is 1. The van der Waals surface area contributed by atoms with Crippen LogP contribution in [0.15, 0.2) is 108 Å². The number of aromatic hydroxyl groups is 2. The first-order valence-corrected chi connectivity index (χ1v) is 13.9. The van der Waals surface area contributed by atoms with Gasteiger partial charge >= 0.3 is 5.69 Å². The number of aromatic nitrogens is 1. The van der Waals surface area contributed by atoms with Gasteiger partial charge in [-0.15, -0.1) is 11.3 Å². The van der Waals surface area contributed by atoms with Crippen molar-refractivity contribution < 1.29 is 37.9 Å². The van der Waals surface area contributed by atoms with Gasteiger partial charge in [0.05, 0.1) is 42.4 Å². The summed E-state index contributed by atoms with van der Waals surface area (Å²) in [4.78, 5) is 26.3. The number of hydrogen-bond acceptors (Lipinski definition) is 11. The van der Waals surface area contributed by atoms with Gasteiger partial charge < -0.3 is 28.4 Å². The zero-order valence-corrected chi connectivity index (χ0v) is 25.1. The molecule has 0 saturated carbocycles. The highest BCUT2D eigenvalue weighted by molar-refractivity contribution is 7.21. The number of nitrogens with two attached hydrogens (primary N) is 2. The minimum Gasteiger partial charge on any atom is -1.00 e. The second-order valence-electron chi connectivity index (χ2n) is 9.55. The van der Waals surface area contributed by atoms with Gasteiger partial charge in [-0.25, -0.2) is 4.98 Å². The first-order valence-electron chi connectivity index (χ1n) is 13.1. The van der Waals surface area contributed by atoms with Crippen molar-refractivity contribution in [1.29, 1.82) is 0 Å². The lowest BCUT2D eigenvalue weighted by atomic mass is 10.0. The number of anilines is 2. The van der Waals surface area contributed by atoms with Gasteiger partial charge in [-0.1, -0.05) is 0 Å². The molecule has 0 saturated heterocycles. The molecule has 0 radical (unpaired) electrons. The van der Waals surface area contributed by atoms with E-state index in [-0.39, 0.29) is 29.6 Å². The normalized spacial score (nSPS) is 10.3. The predicted molar refractivity (Wildman–Crippen MR) is 171 cm³/mol. The van der Waals surface area contributed by atoms with Gasteiger partial charge in [0.2, 0.25) is 0 Å². The molecule has 2 aliphatic rings. The van der Waals surface area contributed by atoms with Gasteiger partial charge in [0.25, 0.3) is 5.69 Å². The van der Waals surface area contributed by atoms with Crippen molar-refractivity contribution in [2.24, 2.45) is 5.10 Å². The average Bonchev–Trinajstić information content (AvgIpc) is 3.02. The van der Waals surface area contributed by atoms with E-state index in [0.717, 1.165) is 44.0 Å². The van der Waals surface area contributed by atoms with Crippen molar-refractivity contribution in [2.75, 3.05) is 11.2 Å². The average molecular weight is 658 g/mol. The number of rotatable bonds is 6. The number of nitrogens with zero attached hydrogens (tertiary/aromatic N) is 4. The smallest absolute Gasteiger partial charge is 0.301 e. The third kappa shape index (κ3) is 7.68. The number of fused-ring (bicyclic) bond motifs is 2. The minimum atomic E-state index is -0.744. The van der Waals surface area contributed by atoms with Gasteiger partial charge in [0, 0.05) is 35.0 Å². The van der Waals surface area contributed by atoms with Crippen molar-refractivity contribution in [3.05, 3.63) is 140 Å². The van der Waals surface area contributed by atoms with Crippen LogP contribution in [0.5, 0.6) is 11.5 Å². The van der Waals surface area contributed by atoms with Crippen molar-refractivity contribution in [3.8, 4) is 22.1 Å². The summed E-state index contributed by atoms with van der Waals surface area (Å²) >= 11 is 1.66. The number of phenols is 2. The number of benzene rings is 5. The molecule has 0 fully saturated rings. The minimum absolute atomic E-state index is 0. The summed E-state index contributed by atoms with van der Waals surface area (Å²) in [5, 5.41) is 51.9. The molecule has 232 valence electrons. The van der Waals surface area contributed by atoms with E-state index in [1.807, 2.05) is 36.4 Å². The molecule has 0 spiro atoms. The fourth-order valence-corrected chi connectivity index (χ4v) is 5.25. The molecule has 0 aromatic heterocycles. The van der Waals surface area contributed by atoms with Crippen LogP contribution in [0.25, 0.3) is 20.8 Å². The zero-order valence-electron chi connectivity index (χ0n) is 23.6. The second kappa shape index (κ2) is 14.1. The molecular formula is C31H24ClN7O6S. The summed E-state index contributed by atoms with van der Waals surface area (Å²) in [5.41, 5.74) is 11.6. The van der Waals surface area contributed by atoms with Crippen LogP contribution in [0.1, 0.15) is 11.1 Å². The van der Waals surface area contributed by atoms with Crippen LogP contribution in [-0.2, 0) is 0 Å².